The van der Waals surface area contributed by atoms with Gasteiger partial charge >= 0.3 is 0 Å². The number of ether oxygens (including phenoxy) is 1. The Kier molecular flexibility index (Phi) is 6.43. The zero-order valence-corrected chi connectivity index (χ0v) is 16.1. The number of morpholine rings is 1. The summed E-state index contributed by atoms with van der Waals surface area (Å²) in [5.74, 6) is -0.657. The van der Waals surface area contributed by atoms with E-state index in [4.69, 9.17) is 4.74 Å². The topological polar surface area (TPSA) is 49.9 Å². The number of hydrogen-bond acceptors (Lipinski definition) is 3. The van der Waals surface area contributed by atoms with E-state index in [1.807, 2.05) is 0 Å². The van der Waals surface area contributed by atoms with Crippen molar-refractivity contribution in [3.63, 3.8) is 0 Å². The van der Waals surface area contributed by atoms with E-state index >= 15 is 0 Å². The van der Waals surface area contributed by atoms with Crippen LogP contribution >= 0.6 is 15.9 Å². The maximum Gasteiger partial charge on any atom is 0.247 e. The summed E-state index contributed by atoms with van der Waals surface area (Å²) in [4.78, 5) is 28.9. The Labute approximate surface area is 160 Å². The molecule has 0 unspecified atom stereocenters. The summed E-state index contributed by atoms with van der Waals surface area (Å²) < 4.78 is 19.9. The lowest BCUT2D eigenvalue weighted by molar-refractivity contribution is -0.148. The number of rotatable bonds is 3. The van der Waals surface area contributed by atoms with Crippen LogP contribution in [0, 0.1) is 5.82 Å². The summed E-state index contributed by atoms with van der Waals surface area (Å²) in [5.41, 5.74) is 0.334. The maximum absolute atomic E-state index is 13.8. The maximum atomic E-state index is 13.8. The minimum Gasteiger partial charge on any atom is -0.378 e. The molecule has 2 amide bonds. The lowest BCUT2D eigenvalue weighted by atomic mass is 10.00. The molecule has 5 nitrogen and oxygen atoms in total. The van der Waals surface area contributed by atoms with Crippen LogP contribution in [0.2, 0.25) is 0 Å². The predicted octanol–water partition coefficient (Wildman–Crippen LogP) is 2.84. The van der Waals surface area contributed by atoms with Crippen molar-refractivity contribution in [2.24, 2.45) is 0 Å². The van der Waals surface area contributed by atoms with Crippen molar-refractivity contribution < 1.29 is 18.7 Å². The third-order valence-electron chi connectivity index (χ3n) is 4.76. The number of carbonyl (C=O) groups is 2. The molecule has 0 bridgehead atoms. The number of halogens is 2. The van der Waals surface area contributed by atoms with Crippen molar-refractivity contribution in [1.82, 2.24) is 9.80 Å². The molecule has 0 N–H and O–H groups in total. The minimum atomic E-state index is -0.439. The monoisotopic (exact) mass is 424 g/mol. The van der Waals surface area contributed by atoms with E-state index in [1.165, 1.54) is 18.2 Å². The van der Waals surface area contributed by atoms with Crippen molar-refractivity contribution in [3.8, 4) is 0 Å². The highest BCUT2D eigenvalue weighted by Gasteiger charge is 2.34. The molecule has 1 aromatic carbocycles. The molecular formula is C19H22BrFN2O3. The van der Waals surface area contributed by atoms with Crippen molar-refractivity contribution in [2.45, 2.75) is 25.3 Å². The van der Waals surface area contributed by atoms with Crippen molar-refractivity contribution in [2.75, 3.05) is 32.8 Å². The number of nitrogens with zero attached hydrogens (tertiary/aromatic N) is 2. The van der Waals surface area contributed by atoms with Gasteiger partial charge in [-0.2, -0.15) is 0 Å². The Bertz CT molecular complexity index is 704. The number of hydrogen-bond donors (Lipinski definition) is 0. The zero-order valence-electron chi connectivity index (χ0n) is 14.5. The van der Waals surface area contributed by atoms with Crippen LogP contribution in [0.5, 0.6) is 0 Å². The third-order valence-corrected chi connectivity index (χ3v) is 5.25. The van der Waals surface area contributed by atoms with Crippen LogP contribution in [0.15, 0.2) is 28.7 Å². The highest BCUT2D eigenvalue weighted by atomic mass is 79.9. The van der Waals surface area contributed by atoms with Crippen LogP contribution in [-0.2, 0) is 14.3 Å². The van der Waals surface area contributed by atoms with E-state index in [9.17, 15) is 14.0 Å². The Hall–Kier alpha value is -1.73. The molecule has 2 aliphatic rings. The van der Waals surface area contributed by atoms with Gasteiger partial charge in [-0.1, -0.05) is 15.9 Å². The van der Waals surface area contributed by atoms with Gasteiger partial charge in [0.15, 0.2) is 0 Å². The molecule has 3 rings (SSSR count). The largest absolute Gasteiger partial charge is 0.378 e. The van der Waals surface area contributed by atoms with Crippen molar-refractivity contribution >= 4 is 33.8 Å². The second-order valence-corrected chi connectivity index (χ2v) is 7.40. The van der Waals surface area contributed by atoms with Gasteiger partial charge < -0.3 is 14.5 Å². The molecule has 0 aliphatic carbocycles. The molecule has 0 spiro atoms. The summed E-state index contributed by atoms with van der Waals surface area (Å²) in [6.07, 6.45) is 5.29. The van der Waals surface area contributed by atoms with Crippen LogP contribution in [0.1, 0.15) is 24.8 Å². The normalized spacial score (nSPS) is 21.2. The van der Waals surface area contributed by atoms with Crippen molar-refractivity contribution in [1.29, 1.82) is 0 Å². The van der Waals surface area contributed by atoms with Gasteiger partial charge in [-0.3, -0.25) is 9.59 Å². The molecule has 2 aliphatic heterocycles. The van der Waals surface area contributed by atoms with E-state index in [0.29, 0.717) is 44.8 Å². The number of amides is 2. The van der Waals surface area contributed by atoms with E-state index in [2.05, 4.69) is 15.9 Å². The summed E-state index contributed by atoms with van der Waals surface area (Å²) in [6, 6.07) is 4.13. The molecule has 140 valence electrons. The summed E-state index contributed by atoms with van der Waals surface area (Å²) in [7, 11) is 0. The first-order chi connectivity index (χ1) is 12.6. The van der Waals surface area contributed by atoms with E-state index in [0.717, 1.165) is 17.3 Å². The van der Waals surface area contributed by atoms with Crippen LogP contribution < -0.4 is 0 Å². The molecule has 2 fully saturated rings. The molecule has 7 heteroatoms. The highest BCUT2D eigenvalue weighted by Crippen LogP contribution is 2.21. The number of benzene rings is 1. The second-order valence-electron chi connectivity index (χ2n) is 6.48. The van der Waals surface area contributed by atoms with Crippen LogP contribution in [-0.4, -0.2) is 60.5 Å². The Morgan fingerprint density at radius 2 is 1.96 bits per heavy atom. The predicted molar refractivity (Wildman–Crippen MR) is 99.9 cm³/mol. The Morgan fingerprint density at radius 1 is 1.19 bits per heavy atom. The summed E-state index contributed by atoms with van der Waals surface area (Å²) in [6.45, 7) is 2.75. The smallest absolute Gasteiger partial charge is 0.247 e. The van der Waals surface area contributed by atoms with E-state index in [-0.39, 0.29) is 11.8 Å². The molecule has 0 aromatic heterocycles. The number of carbonyl (C=O) groups excluding carboxylic acids is 2. The van der Waals surface area contributed by atoms with Gasteiger partial charge in [0.25, 0.3) is 0 Å². The fourth-order valence-electron chi connectivity index (χ4n) is 3.35. The summed E-state index contributed by atoms with van der Waals surface area (Å²) >= 11 is 3.30. The molecule has 1 atom stereocenters. The van der Waals surface area contributed by atoms with Gasteiger partial charge in [-0.15, -0.1) is 0 Å². The van der Waals surface area contributed by atoms with E-state index in [1.54, 1.807) is 21.9 Å². The van der Waals surface area contributed by atoms with Crippen LogP contribution in [0.4, 0.5) is 4.39 Å². The molecule has 2 heterocycles. The molecule has 2 saturated heterocycles. The Balaban J connectivity index is 1.72. The standard InChI is InChI=1S/C19H22BrFN2O3/c20-15-5-6-16(21)14(13-15)4-7-18(24)23-8-2-1-3-17(23)19(25)22-9-11-26-12-10-22/h4-7,13,17H,1-3,8-12H2/b7-4-/t17-/m0/s1. The van der Waals surface area contributed by atoms with Gasteiger partial charge in [0, 0.05) is 35.7 Å². The highest BCUT2D eigenvalue weighted by molar-refractivity contribution is 9.10. The lowest BCUT2D eigenvalue weighted by Crippen LogP contribution is -2.54. The minimum absolute atomic E-state index is 0.0108. The van der Waals surface area contributed by atoms with Gasteiger partial charge in [0.2, 0.25) is 11.8 Å². The Morgan fingerprint density at radius 3 is 2.73 bits per heavy atom. The SMILES string of the molecule is O=C([C@@H]1CCCCN1C(=O)/C=C\c1cc(Br)ccc1F)N1CCOCC1. The number of likely N-dealkylation sites (tertiary alicyclic amines) is 1. The average molecular weight is 425 g/mol. The second kappa shape index (κ2) is 8.77. The van der Waals surface area contributed by atoms with Crippen LogP contribution in [0.3, 0.4) is 0 Å². The first-order valence-electron chi connectivity index (χ1n) is 8.86. The van der Waals surface area contributed by atoms with Gasteiger partial charge in [-0.25, -0.2) is 4.39 Å². The first-order valence-corrected chi connectivity index (χ1v) is 9.66. The quantitative estimate of drug-likeness (QED) is 0.700. The molecule has 0 radical (unpaired) electrons. The molecule has 1 aromatic rings. The van der Waals surface area contributed by atoms with E-state index < -0.39 is 11.9 Å². The number of piperidine rings is 1. The average Bonchev–Trinajstić information content (AvgIpc) is 2.68. The molecule has 0 saturated carbocycles. The zero-order chi connectivity index (χ0) is 18.5. The van der Waals surface area contributed by atoms with Gasteiger partial charge in [0.1, 0.15) is 11.9 Å². The summed E-state index contributed by atoms with van der Waals surface area (Å²) in [5, 5.41) is 0. The molecule has 26 heavy (non-hydrogen) atoms. The lowest BCUT2D eigenvalue weighted by Gasteiger charge is -2.38. The first kappa shape index (κ1) is 19.0. The molecular weight excluding hydrogens is 403 g/mol. The fraction of sp³-hybridized carbons (Fsp3) is 0.474. The van der Waals surface area contributed by atoms with Crippen molar-refractivity contribution in [3.05, 3.63) is 40.1 Å². The van der Waals surface area contributed by atoms with Gasteiger partial charge in [-0.05, 0) is 43.5 Å². The third kappa shape index (κ3) is 4.51. The van der Waals surface area contributed by atoms with Crippen LogP contribution in [0.25, 0.3) is 6.08 Å². The fourth-order valence-corrected chi connectivity index (χ4v) is 3.72. The van der Waals surface area contributed by atoms with Gasteiger partial charge in [0.05, 0.1) is 13.2 Å².